The topological polar surface area (TPSA) is 47.6 Å². The largest absolute Gasteiger partial charge is 0.491 e. The van der Waals surface area contributed by atoms with Gasteiger partial charge in [-0.15, -0.1) is 0 Å². The lowest BCUT2D eigenvalue weighted by Crippen LogP contribution is -2.30. The Balaban J connectivity index is 1.90. The number of anilines is 1. The SMILES string of the molecule is CC(C)Oc1ccc(NC(=O)[C@H](C)Oc2ccccc2)cc1. The molecule has 4 nitrogen and oxygen atoms in total. The van der Waals surface area contributed by atoms with Crippen LogP contribution in [-0.4, -0.2) is 18.1 Å². The highest BCUT2D eigenvalue weighted by molar-refractivity contribution is 5.94. The summed E-state index contributed by atoms with van der Waals surface area (Å²) in [5.41, 5.74) is 0.713. The third-order valence-electron chi connectivity index (χ3n) is 2.92. The Kier molecular flexibility index (Phi) is 5.42. The minimum Gasteiger partial charge on any atom is -0.491 e. The van der Waals surface area contributed by atoms with Crippen molar-refractivity contribution >= 4 is 11.6 Å². The zero-order valence-electron chi connectivity index (χ0n) is 13.1. The first-order chi connectivity index (χ1) is 10.5. The van der Waals surface area contributed by atoms with Crippen LogP contribution in [0.2, 0.25) is 0 Å². The summed E-state index contributed by atoms with van der Waals surface area (Å²) >= 11 is 0. The molecule has 1 amide bonds. The highest BCUT2D eigenvalue weighted by Gasteiger charge is 2.14. The summed E-state index contributed by atoms with van der Waals surface area (Å²) in [5, 5.41) is 2.82. The van der Waals surface area contributed by atoms with Gasteiger partial charge in [-0.1, -0.05) is 18.2 Å². The Hall–Kier alpha value is -2.49. The molecular formula is C18H21NO3. The van der Waals surface area contributed by atoms with E-state index in [1.54, 1.807) is 6.92 Å². The maximum absolute atomic E-state index is 12.1. The minimum atomic E-state index is -0.575. The van der Waals surface area contributed by atoms with Crippen molar-refractivity contribution in [2.75, 3.05) is 5.32 Å². The van der Waals surface area contributed by atoms with Gasteiger partial charge in [0.05, 0.1) is 6.10 Å². The molecule has 0 aromatic heterocycles. The van der Waals surface area contributed by atoms with Crippen LogP contribution >= 0.6 is 0 Å². The smallest absolute Gasteiger partial charge is 0.265 e. The number of para-hydroxylation sites is 1. The van der Waals surface area contributed by atoms with E-state index in [1.165, 1.54) is 0 Å². The van der Waals surface area contributed by atoms with Crippen molar-refractivity contribution in [1.82, 2.24) is 0 Å². The maximum atomic E-state index is 12.1. The third kappa shape index (κ3) is 4.81. The molecule has 22 heavy (non-hydrogen) atoms. The first-order valence-electron chi connectivity index (χ1n) is 7.34. The fraction of sp³-hybridized carbons (Fsp3) is 0.278. The lowest BCUT2D eigenvalue weighted by Gasteiger charge is -2.15. The fourth-order valence-corrected chi connectivity index (χ4v) is 1.89. The summed E-state index contributed by atoms with van der Waals surface area (Å²) in [6.07, 6.45) is -0.450. The number of rotatable bonds is 6. The quantitative estimate of drug-likeness (QED) is 0.880. The van der Waals surface area contributed by atoms with Gasteiger partial charge < -0.3 is 14.8 Å². The second kappa shape index (κ2) is 7.50. The Morgan fingerprint density at radius 3 is 2.05 bits per heavy atom. The summed E-state index contributed by atoms with van der Waals surface area (Å²) in [6.45, 7) is 5.66. The maximum Gasteiger partial charge on any atom is 0.265 e. The van der Waals surface area contributed by atoms with Crippen LogP contribution in [0.5, 0.6) is 11.5 Å². The number of carbonyl (C=O) groups excluding carboxylic acids is 1. The molecular weight excluding hydrogens is 278 g/mol. The highest BCUT2D eigenvalue weighted by atomic mass is 16.5. The summed E-state index contributed by atoms with van der Waals surface area (Å²) in [6, 6.07) is 16.6. The standard InChI is InChI=1S/C18H21NO3/c1-13(2)21-17-11-9-15(10-12-17)19-18(20)14(3)22-16-7-5-4-6-8-16/h4-14H,1-3H3,(H,19,20)/t14-/m0/s1. The number of carbonyl (C=O) groups is 1. The molecule has 0 bridgehead atoms. The highest BCUT2D eigenvalue weighted by Crippen LogP contribution is 2.18. The summed E-state index contributed by atoms with van der Waals surface area (Å²) < 4.78 is 11.2. The molecule has 0 spiro atoms. The van der Waals surface area contributed by atoms with Gasteiger partial charge in [-0.25, -0.2) is 0 Å². The molecule has 1 N–H and O–H groups in total. The first kappa shape index (κ1) is 15.9. The molecule has 0 saturated carbocycles. The Labute approximate surface area is 131 Å². The lowest BCUT2D eigenvalue weighted by molar-refractivity contribution is -0.122. The molecule has 0 fully saturated rings. The summed E-state index contributed by atoms with van der Waals surface area (Å²) in [4.78, 5) is 12.1. The number of amides is 1. The van der Waals surface area contributed by atoms with Crippen molar-refractivity contribution in [3.8, 4) is 11.5 Å². The van der Waals surface area contributed by atoms with E-state index in [-0.39, 0.29) is 12.0 Å². The number of hydrogen-bond acceptors (Lipinski definition) is 3. The van der Waals surface area contributed by atoms with E-state index in [4.69, 9.17) is 9.47 Å². The monoisotopic (exact) mass is 299 g/mol. The van der Waals surface area contributed by atoms with Crippen molar-refractivity contribution < 1.29 is 14.3 Å². The third-order valence-corrected chi connectivity index (χ3v) is 2.92. The molecule has 0 aliphatic heterocycles. The van der Waals surface area contributed by atoms with Crippen molar-refractivity contribution in [2.45, 2.75) is 33.0 Å². The molecule has 0 saturated heterocycles. The van der Waals surface area contributed by atoms with E-state index in [1.807, 2.05) is 68.4 Å². The summed E-state index contributed by atoms with van der Waals surface area (Å²) in [7, 11) is 0. The molecule has 2 rings (SSSR count). The molecule has 0 heterocycles. The van der Waals surface area contributed by atoms with Gasteiger partial charge in [0.1, 0.15) is 11.5 Å². The van der Waals surface area contributed by atoms with Crippen LogP contribution in [0, 0.1) is 0 Å². The van der Waals surface area contributed by atoms with E-state index < -0.39 is 6.10 Å². The normalized spacial score (nSPS) is 11.8. The van der Waals surface area contributed by atoms with Crippen molar-refractivity contribution in [1.29, 1.82) is 0 Å². The van der Waals surface area contributed by atoms with Crippen molar-refractivity contribution in [3.05, 3.63) is 54.6 Å². The summed E-state index contributed by atoms with van der Waals surface area (Å²) in [5.74, 6) is 1.26. The molecule has 0 aliphatic carbocycles. The molecule has 0 radical (unpaired) electrons. The van der Waals surface area contributed by atoms with E-state index in [0.29, 0.717) is 11.4 Å². The molecule has 116 valence electrons. The Morgan fingerprint density at radius 2 is 1.45 bits per heavy atom. The van der Waals surface area contributed by atoms with Crippen LogP contribution in [-0.2, 0) is 4.79 Å². The van der Waals surface area contributed by atoms with E-state index >= 15 is 0 Å². The van der Waals surface area contributed by atoms with Crippen LogP contribution in [0.1, 0.15) is 20.8 Å². The van der Waals surface area contributed by atoms with Gasteiger partial charge in [0.25, 0.3) is 5.91 Å². The van der Waals surface area contributed by atoms with Gasteiger partial charge in [-0.2, -0.15) is 0 Å². The zero-order valence-corrected chi connectivity index (χ0v) is 13.1. The van der Waals surface area contributed by atoms with Crippen molar-refractivity contribution in [2.24, 2.45) is 0 Å². The molecule has 2 aromatic rings. The lowest BCUT2D eigenvalue weighted by atomic mass is 10.2. The van der Waals surface area contributed by atoms with Crippen LogP contribution in [0.3, 0.4) is 0 Å². The van der Waals surface area contributed by atoms with E-state index in [9.17, 15) is 4.79 Å². The van der Waals surface area contributed by atoms with Gasteiger partial charge in [-0.05, 0) is 57.2 Å². The molecule has 4 heteroatoms. The number of benzene rings is 2. The second-order valence-electron chi connectivity index (χ2n) is 5.25. The van der Waals surface area contributed by atoms with Gasteiger partial charge in [0.2, 0.25) is 0 Å². The van der Waals surface area contributed by atoms with E-state index in [0.717, 1.165) is 5.75 Å². The van der Waals surface area contributed by atoms with Crippen LogP contribution in [0.25, 0.3) is 0 Å². The first-order valence-corrected chi connectivity index (χ1v) is 7.34. The van der Waals surface area contributed by atoms with Crippen LogP contribution in [0.4, 0.5) is 5.69 Å². The van der Waals surface area contributed by atoms with Gasteiger partial charge in [-0.3, -0.25) is 4.79 Å². The number of nitrogens with one attached hydrogen (secondary N) is 1. The van der Waals surface area contributed by atoms with Gasteiger partial charge >= 0.3 is 0 Å². The molecule has 0 unspecified atom stereocenters. The van der Waals surface area contributed by atoms with E-state index in [2.05, 4.69) is 5.32 Å². The molecule has 0 aliphatic rings. The van der Waals surface area contributed by atoms with Gasteiger partial charge in [0.15, 0.2) is 6.10 Å². The van der Waals surface area contributed by atoms with Crippen LogP contribution in [0.15, 0.2) is 54.6 Å². The average molecular weight is 299 g/mol. The Bertz CT molecular complexity index is 593. The predicted octanol–water partition coefficient (Wildman–Crippen LogP) is 3.88. The molecule has 2 aromatic carbocycles. The van der Waals surface area contributed by atoms with Crippen LogP contribution < -0.4 is 14.8 Å². The second-order valence-corrected chi connectivity index (χ2v) is 5.25. The average Bonchev–Trinajstić information content (AvgIpc) is 2.49. The fourth-order valence-electron chi connectivity index (χ4n) is 1.89. The number of ether oxygens (including phenoxy) is 2. The van der Waals surface area contributed by atoms with Crippen molar-refractivity contribution in [3.63, 3.8) is 0 Å². The molecule has 1 atom stereocenters. The van der Waals surface area contributed by atoms with Gasteiger partial charge in [0, 0.05) is 5.69 Å². The predicted molar refractivity (Wildman–Crippen MR) is 87.4 cm³/mol. The Morgan fingerprint density at radius 1 is 0.864 bits per heavy atom. The zero-order chi connectivity index (χ0) is 15.9. The number of hydrogen-bond donors (Lipinski definition) is 1. The minimum absolute atomic E-state index is 0.125.